The summed E-state index contributed by atoms with van der Waals surface area (Å²) in [6.07, 6.45) is 3.85. The SMILES string of the molecule is CC(C)n1cnc2cc(N3CCN(C(=O)c4cc(C5CC5)on4)CC3)ccc2c1=O. The van der Waals surface area contributed by atoms with E-state index < -0.39 is 0 Å². The van der Waals surface area contributed by atoms with Crippen LogP contribution in [0.5, 0.6) is 0 Å². The van der Waals surface area contributed by atoms with Crippen LogP contribution < -0.4 is 10.5 Å². The van der Waals surface area contributed by atoms with Gasteiger partial charge in [0.05, 0.1) is 17.2 Å². The minimum absolute atomic E-state index is 0.0184. The van der Waals surface area contributed by atoms with Gasteiger partial charge in [-0.25, -0.2) is 4.98 Å². The number of hydrogen-bond donors (Lipinski definition) is 0. The average Bonchev–Trinajstić information content (AvgIpc) is 3.49. The molecule has 8 nitrogen and oxygen atoms in total. The zero-order valence-corrected chi connectivity index (χ0v) is 17.2. The zero-order chi connectivity index (χ0) is 20.8. The fraction of sp³-hybridized carbons (Fsp3) is 0.455. The van der Waals surface area contributed by atoms with Gasteiger partial charge in [0.15, 0.2) is 5.69 Å². The van der Waals surface area contributed by atoms with E-state index >= 15 is 0 Å². The molecule has 2 fully saturated rings. The smallest absolute Gasteiger partial charge is 0.276 e. The van der Waals surface area contributed by atoms with Crippen molar-refractivity contribution in [3.63, 3.8) is 0 Å². The molecule has 0 radical (unpaired) electrons. The summed E-state index contributed by atoms with van der Waals surface area (Å²) in [5.41, 5.74) is 2.10. The third kappa shape index (κ3) is 3.36. The lowest BCUT2D eigenvalue weighted by Crippen LogP contribution is -2.48. The molecule has 2 aliphatic rings. The van der Waals surface area contributed by atoms with E-state index in [4.69, 9.17) is 4.52 Å². The topological polar surface area (TPSA) is 84.5 Å². The van der Waals surface area contributed by atoms with Crippen molar-refractivity contribution in [1.82, 2.24) is 19.6 Å². The van der Waals surface area contributed by atoms with Gasteiger partial charge in [-0.15, -0.1) is 0 Å². The van der Waals surface area contributed by atoms with Crippen molar-refractivity contribution >= 4 is 22.5 Å². The maximum atomic E-state index is 12.7. The van der Waals surface area contributed by atoms with Crippen LogP contribution in [-0.4, -0.2) is 51.7 Å². The third-order valence-electron chi connectivity index (χ3n) is 5.98. The molecule has 0 unspecified atom stereocenters. The van der Waals surface area contributed by atoms with E-state index in [2.05, 4.69) is 15.0 Å². The van der Waals surface area contributed by atoms with Gasteiger partial charge in [0.1, 0.15) is 5.76 Å². The normalized spacial score (nSPS) is 17.2. The van der Waals surface area contributed by atoms with E-state index in [0.717, 1.165) is 24.3 Å². The van der Waals surface area contributed by atoms with Gasteiger partial charge in [-0.05, 0) is 44.9 Å². The van der Waals surface area contributed by atoms with Gasteiger partial charge in [-0.2, -0.15) is 0 Å². The van der Waals surface area contributed by atoms with Crippen LogP contribution in [-0.2, 0) is 0 Å². The molecule has 5 rings (SSSR count). The minimum Gasteiger partial charge on any atom is -0.368 e. The van der Waals surface area contributed by atoms with Crippen molar-refractivity contribution in [3.05, 3.63) is 52.4 Å². The number of piperazine rings is 1. The molecule has 1 saturated heterocycles. The van der Waals surface area contributed by atoms with Gasteiger partial charge in [-0.1, -0.05) is 5.16 Å². The van der Waals surface area contributed by atoms with Crippen molar-refractivity contribution in [2.75, 3.05) is 31.1 Å². The first-order valence-electron chi connectivity index (χ1n) is 10.5. The second kappa shape index (κ2) is 7.27. The number of anilines is 1. The van der Waals surface area contributed by atoms with Crippen LogP contribution in [0.15, 0.2) is 39.9 Å². The number of hydrogen-bond acceptors (Lipinski definition) is 6. The molecule has 0 bridgehead atoms. The number of rotatable bonds is 4. The molecule has 1 amide bonds. The van der Waals surface area contributed by atoms with E-state index in [1.54, 1.807) is 17.0 Å². The summed E-state index contributed by atoms with van der Waals surface area (Å²) in [6.45, 7) is 6.60. The summed E-state index contributed by atoms with van der Waals surface area (Å²) in [4.78, 5) is 33.9. The predicted molar refractivity (Wildman–Crippen MR) is 113 cm³/mol. The largest absolute Gasteiger partial charge is 0.368 e. The maximum absolute atomic E-state index is 12.7. The Balaban J connectivity index is 1.28. The Labute approximate surface area is 174 Å². The number of benzene rings is 1. The number of carbonyl (C=O) groups excluding carboxylic acids is 1. The molecule has 0 N–H and O–H groups in total. The van der Waals surface area contributed by atoms with Gasteiger partial charge in [0, 0.05) is 49.9 Å². The average molecular weight is 407 g/mol. The van der Waals surface area contributed by atoms with Crippen molar-refractivity contribution in [2.24, 2.45) is 0 Å². The van der Waals surface area contributed by atoms with Crippen molar-refractivity contribution in [1.29, 1.82) is 0 Å². The molecule has 1 aliphatic heterocycles. The molecule has 0 atom stereocenters. The van der Waals surface area contributed by atoms with Crippen LogP contribution >= 0.6 is 0 Å². The first-order chi connectivity index (χ1) is 14.5. The molecule has 1 aromatic carbocycles. The second-order valence-corrected chi connectivity index (χ2v) is 8.42. The van der Waals surface area contributed by atoms with Crippen LogP contribution in [0.2, 0.25) is 0 Å². The fourth-order valence-corrected chi connectivity index (χ4v) is 3.97. The van der Waals surface area contributed by atoms with Gasteiger partial charge in [0.25, 0.3) is 11.5 Å². The van der Waals surface area contributed by atoms with Crippen molar-refractivity contribution < 1.29 is 9.32 Å². The van der Waals surface area contributed by atoms with E-state index in [0.29, 0.717) is 48.7 Å². The first-order valence-corrected chi connectivity index (χ1v) is 10.5. The Morgan fingerprint density at radius 2 is 1.90 bits per heavy atom. The Morgan fingerprint density at radius 1 is 1.13 bits per heavy atom. The molecular formula is C22H25N5O3. The molecule has 3 aromatic rings. The summed E-state index contributed by atoms with van der Waals surface area (Å²) >= 11 is 0. The number of aromatic nitrogens is 3. The highest BCUT2D eigenvalue weighted by Gasteiger charge is 2.30. The van der Waals surface area contributed by atoms with Gasteiger partial charge in [0.2, 0.25) is 0 Å². The monoisotopic (exact) mass is 407 g/mol. The van der Waals surface area contributed by atoms with Gasteiger partial charge < -0.3 is 14.3 Å². The molecule has 0 spiro atoms. The molecule has 30 heavy (non-hydrogen) atoms. The molecular weight excluding hydrogens is 382 g/mol. The minimum atomic E-state index is -0.0697. The van der Waals surface area contributed by atoms with Crippen LogP contribution in [0.25, 0.3) is 10.9 Å². The Morgan fingerprint density at radius 3 is 2.60 bits per heavy atom. The standard InChI is InChI=1S/C22H25N5O3/c1-14(2)27-13-23-18-11-16(5-6-17(18)21(27)28)25-7-9-26(10-8-25)22(29)19-12-20(30-24-19)15-3-4-15/h5-6,11-15H,3-4,7-10H2,1-2H3. The summed E-state index contributed by atoms with van der Waals surface area (Å²) in [6, 6.07) is 7.65. The highest BCUT2D eigenvalue weighted by molar-refractivity contribution is 5.92. The lowest BCUT2D eigenvalue weighted by molar-refractivity contribution is 0.0736. The summed E-state index contributed by atoms with van der Waals surface area (Å²) in [7, 11) is 0. The maximum Gasteiger partial charge on any atom is 0.276 e. The fourth-order valence-electron chi connectivity index (χ4n) is 3.97. The molecule has 3 heterocycles. The molecule has 156 valence electrons. The first kappa shape index (κ1) is 18.8. The number of fused-ring (bicyclic) bond motifs is 1. The van der Waals surface area contributed by atoms with Crippen molar-refractivity contribution in [2.45, 2.75) is 38.6 Å². The van der Waals surface area contributed by atoms with E-state index in [9.17, 15) is 9.59 Å². The highest BCUT2D eigenvalue weighted by Crippen LogP contribution is 2.40. The third-order valence-corrected chi connectivity index (χ3v) is 5.98. The summed E-state index contributed by atoms with van der Waals surface area (Å²) in [5, 5.41) is 4.60. The van der Waals surface area contributed by atoms with Crippen LogP contribution in [0.4, 0.5) is 5.69 Å². The lowest BCUT2D eigenvalue weighted by atomic mass is 10.2. The molecule has 8 heteroatoms. The molecule has 2 aromatic heterocycles. The quantitative estimate of drug-likeness (QED) is 0.661. The van der Waals surface area contributed by atoms with E-state index in [-0.39, 0.29) is 17.5 Å². The number of amides is 1. The second-order valence-electron chi connectivity index (χ2n) is 8.42. The Hall–Kier alpha value is -3.16. The molecule has 1 aliphatic carbocycles. The Kier molecular flexibility index (Phi) is 4.56. The predicted octanol–water partition coefficient (Wildman–Crippen LogP) is 2.81. The zero-order valence-electron chi connectivity index (χ0n) is 17.2. The highest BCUT2D eigenvalue weighted by atomic mass is 16.5. The number of nitrogens with zero attached hydrogens (tertiary/aromatic N) is 5. The van der Waals surface area contributed by atoms with E-state index in [1.807, 2.05) is 36.9 Å². The van der Waals surface area contributed by atoms with Crippen LogP contribution in [0.3, 0.4) is 0 Å². The van der Waals surface area contributed by atoms with Crippen molar-refractivity contribution in [3.8, 4) is 0 Å². The molecule has 1 saturated carbocycles. The Bertz CT molecular complexity index is 1150. The van der Waals surface area contributed by atoms with Gasteiger partial charge >= 0.3 is 0 Å². The lowest BCUT2D eigenvalue weighted by Gasteiger charge is -2.35. The van der Waals surface area contributed by atoms with E-state index in [1.165, 1.54) is 0 Å². The van der Waals surface area contributed by atoms with Crippen LogP contribution in [0.1, 0.15) is 54.9 Å². The number of carbonyl (C=O) groups is 1. The van der Waals surface area contributed by atoms with Gasteiger partial charge in [-0.3, -0.25) is 14.2 Å². The summed E-state index contributed by atoms with van der Waals surface area (Å²) < 4.78 is 6.97. The van der Waals surface area contributed by atoms with Crippen LogP contribution in [0, 0.1) is 0 Å². The summed E-state index contributed by atoms with van der Waals surface area (Å²) in [5.74, 6) is 1.21.